The fourth-order valence-electron chi connectivity index (χ4n) is 2.02. The van der Waals surface area contributed by atoms with E-state index in [1.54, 1.807) is 23.1 Å². The zero-order chi connectivity index (χ0) is 14.7. The number of pyridine rings is 1. The molecule has 0 saturated carbocycles. The lowest BCUT2D eigenvalue weighted by molar-refractivity contribution is 0.259. The summed E-state index contributed by atoms with van der Waals surface area (Å²) < 4.78 is 1.63. The van der Waals surface area contributed by atoms with Crippen molar-refractivity contribution in [1.82, 2.24) is 14.8 Å². The van der Waals surface area contributed by atoms with Gasteiger partial charge in [-0.25, -0.2) is 9.48 Å². The maximum Gasteiger partial charge on any atom is 0.317 e. The number of nitrogens with one attached hydrogen (secondary N) is 1. The highest BCUT2D eigenvalue weighted by Gasteiger charge is 2.12. The number of benzene rings is 1. The standard InChI is InChI=1S/C15H13N5O/c16-15(21)18-14-9-13(11-5-4-8-17-10-11)19-20(14)12-6-2-1-3-7-12/h1-10H,(H3,16,18,21). The lowest BCUT2D eigenvalue weighted by Gasteiger charge is -2.06. The second-order valence-corrected chi connectivity index (χ2v) is 4.39. The molecule has 104 valence electrons. The molecule has 2 aromatic heterocycles. The molecule has 0 bridgehead atoms. The molecule has 0 spiro atoms. The first kappa shape index (κ1) is 12.9. The Morgan fingerprint density at radius 2 is 1.95 bits per heavy atom. The van der Waals surface area contributed by atoms with Crippen molar-refractivity contribution in [2.45, 2.75) is 0 Å². The van der Waals surface area contributed by atoms with E-state index in [0.29, 0.717) is 11.5 Å². The molecule has 0 radical (unpaired) electrons. The van der Waals surface area contributed by atoms with Crippen molar-refractivity contribution < 1.29 is 4.79 Å². The number of nitrogens with zero attached hydrogens (tertiary/aromatic N) is 3. The van der Waals surface area contributed by atoms with Crippen molar-refractivity contribution in [3.63, 3.8) is 0 Å². The topological polar surface area (TPSA) is 85.8 Å². The minimum absolute atomic E-state index is 0.507. The summed E-state index contributed by atoms with van der Waals surface area (Å²) in [4.78, 5) is 15.2. The van der Waals surface area contributed by atoms with E-state index >= 15 is 0 Å². The number of hydrogen-bond donors (Lipinski definition) is 2. The first-order valence-electron chi connectivity index (χ1n) is 6.36. The van der Waals surface area contributed by atoms with E-state index in [1.165, 1.54) is 0 Å². The fraction of sp³-hybridized carbons (Fsp3) is 0. The van der Waals surface area contributed by atoms with Crippen LogP contribution in [0.25, 0.3) is 16.9 Å². The maximum absolute atomic E-state index is 11.2. The summed E-state index contributed by atoms with van der Waals surface area (Å²) in [5, 5.41) is 7.09. The van der Waals surface area contributed by atoms with Gasteiger partial charge in [-0.05, 0) is 24.3 Å². The first-order chi connectivity index (χ1) is 10.2. The van der Waals surface area contributed by atoms with Crippen molar-refractivity contribution in [3.8, 4) is 16.9 Å². The molecular formula is C15H13N5O. The molecule has 0 aliphatic rings. The molecule has 3 aromatic rings. The molecule has 0 atom stereocenters. The van der Waals surface area contributed by atoms with Crippen molar-refractivity contribution in [2.75, 3.05) is 5.32 Å². The second-order valence-electron chi connectivity index (χ2n) is 4.39. The van der Waals surface area contributed by atoms with Crippen LogP contribution in [-0.2, 0) is 0 Å². The molecule has 0 aliphatic heterocycles. The van der Waals surface area contributed by atoms with Gasteiger partial charge >= 0.3 is 6.03 Å². The van der Waals surface area contributed by atoms with E-state index in [1.807, 2.05) is 42.5 Å². The quantitative estimate of drug-likeness (QED) is 0.772. The van der Waals surface area contributed by atoms with Gasteiger partial charge in [-0.3, -0.25) is 10.3 Å². The molecule has 0 fully saturated rings. The number of carbonyl (C=O) groups is 1. The molecule has 21 heavy (non-hydrogen) atoms. The van der Waals surface area contributed by atoms with Crippen molar-refractivity contribution in [2.24, 2.45) is 5.73 Å². The van der Waals surface area contributed by atoms with E-state index < -0.39 is 6.03 Å². The molecule has 2 amide bonds. The lowest BCUT2D eigenvalue weighted by atomic mass is 10.2. The molecule has 0 saturated heterocycles. The molecule has 6 heteroatoms. The number of primary amides is 1. The fourth-order valence-corrected chi connectivity index (χ4v) is 2.02. The van der Waals surface area contributed by atoms with Crippen LogP contribution in [0.3, 0.4) is 0 Å². The van der Waals surface area contributed by atoms with Crippen molar-refractivity contribution in [3.05, 3.63) is 60.9 Å². The Hall–Kier alpha value is -3.15. The van der Waals surface area contributed by atoms with Gasteiger partial charge in [-0.15, -0.1) is 0 Å². The zero-order valence-corrected chi connectivity index (χ0v) is 11.1. The third-order valence-electron chi connectivity index (χ3n) is 2.92. The Morgan fingerprint density at radius 1 is 1.14 bits per heavy atom. The predicted molar refractivity (Wildman–Crippen MR) is 80.0 cm³/mol. The van der Waals surface area contributed by atoms with E-state index in [2.05, 4.69) is 15.4 Å². The van der Waals surface area contributed by atoms with Gasteiger partial charge in [0, 0.05) is 24.0 Å². The van der Waals surface area contributed by atoms with Gasteiger partial charge in [0.15, 0.2) is 0 Å². The lowest BCUT2D eigenvalue weighted by Crippen LogP contribution is -2.21. The molecule has 2 heterocycles. The zero-order valence-electron chi connectivity index (χ0n) is 11.1. The van der Waals surface area contributed by atoms with E-state index in [9.17, 15) is 4.79 Å². The predicted octanol–water partition coefficient (Wildman–Crippen LogP) is 2.42. The summed E-state index contributed by atoms with van der Waals surface area (Å²) in [5.41, 5.74) is 7.61. The van der Waals surface area contributed by atoms with E-state index in [4.69, 9.17) is 5.73 Å². The number of anilines is 1. The third-order valence-corrected chi connectivity index (χ3v) is 2.92. The van der Waals surface area contributed by atoms with Crippen LogP contribution in [0.5, 0.6) is 0 Å². The van der Waals surface area contributed by atoms with Gasteiger partial charge in [-0.1, -0.05) is 18.2 Å². The second kappa shape index (κ2) is 5.46. The van der Waals surface area contributed by atoms with Gasteiger partial charge in [0.2, 0.25) is 0 Å². The van der Waals surface area contributed by atoms with E-state index in [-0.39, 0.29) is 0 Å². The van der Waals surface area contributed by atoms with Gasteiger partial charge in [0.1, 0.15) is 5.82 Å². The Balaban J connectivity index is 2.10. The average Bonchev–Trinajstić information content (AvgIpc) is 2.92. The average molecular weight is 279 g/mol. The number of hydrogen-bond acceptors (Lipinski definition) is 3. The van der Waals surface area contributed by atoms with Crippen LogP contribution in [0, 0.1) is 0 Å². The summed E-state index contributed by atoms with van der Waals surface area (Å²) in [6, 6.07) is 14.4. The molecular weight excluding hydrogens is 266 g/mol. The summed E-state index contributed by atoms with van der Waals surface area (Å²) in [7, 11) is 0. The van der Waals surface area contributed by atoms with Crippen LogP contribution >= 0.6 is 0 Å². The van der Waals surface area contributed by atoms with Crippen LogP contribution < -0.4 is 11.1 Å². The number of amides is 2. The first-order valence-corrected chi connectivity index (χ1v) is 6.36. The Labute approximate surface area is 121 Å². The number of nitrogens with two attached hydrogens (primary N) is 1. The largest absolute Gasteiger partial charge is 0.351 e. The summed E-state index contributed by atoms with van der Waals surface area (Å²) >= 11 is 0. The SMILES string of the molecule is NC(=O)Nc1cc(-c2cccnc2)nn1-c1ccccc1. The molecule has 3 rings (SSSR count). The minimum atomic E-state index is -0.634. The van der Waals surface area contributed by atoms with Crippen LogP contribution in [-0.4, -0.2) is 20.8 Å². The number of carbonyl (C=O) groups excluding carboxylic acids is 1. The van der Waals surface area contributed by atoms with Crippen LogP contribution in [0.1, 0.15) is 0 Å². The van der Waals surface area contributed by atoms with E-state index in [0.717, 1.165) is 11.3 Å². The van der Waals surface area contributed by atoms with Gasteiger partial charge in [-0.2, -0.15) is 5.10 Å². The maximum atomic E-state index is 11.2. The Bertz CT molecular complexity index is 752. The summed E-state index contributed by atoms with van der Waals surface area (Å²) in [6.07, 6.45) is 3.41. The highest BCUT2D eigenvalue weighted by atomic mass is 16.2. The Kier molecular flexibility index (Phi) is 3.34. The number of para-hydroxylation sites is 1. The molecule has 3 N–H and O–H groups in total. The van der Waals surface area contributed by atoms with Crippen LogP contribution in [0.2, 0.25) is 0 Å². The number of urea groups is 1. The summed E-state index contributed by atoms with van der Waals surface area (Å²) in [6.45, 7) is 0. The monoisotopic (exact) mass is 279 g/mol. The minimum Gasteiger partial charge on any atom is -0.351 e. The van der Waals surface area contributed by atoms with Crippen molar-refractivity contribution >= 4 is 11.8 Å². The van der Waals surface area contributed by atoms with Crippen LogP contribution in [0.15, 0.2) is 60.9 Å². The van der Waals surface area contributed by atoms with Gasteiger partial charge < -0.3 is 5.73 Å². The molecule has 0 aliphatic carbocycles. The highest BCUT2D eigenvalue weighted by Crippen LogP contribution is 2.23. The Morgan fingerprint density at radius 3 is 2.62 bits per heavy atom. The third kappa shape index (κ3) is 2.74. The summed E-state index contributed by atoms with van der Waals surface area (Å²) in [5.74, 6) is 0.507. The van der Waals surface area contributed by atoms with Crippen LogP contribution in [0.4, 0.5) is 10.6 Å². The van der Waals surface area contributed by atoms with Gasteiger partial charge in [0.05, 0.1) is 11.4 Å². The smallest absolute Gasteiger partial charge is 0.317 e. The van der Waals surface area contributed by atoms with Crippen molar-refractivity contribution in [1.29, 1.82) is 0 Å². The van der Waals surface area contributed by atoms with Gasteiger partial charge in [0.25, 0.3) is 0 Å². The number of aromatic nitrogens is 3. The molecule has 0 unspecified atom stereocenters. The normalized spacial score (nSPS) is 10.3. The highest BCUT2D eigenvalue weighted by molar-refractivity contribution is 5.88. The number of rotatable bonds is 3. The molecule has 6 nitrogen and oxygen atoms in total. The molecule has 1 aromatic carbocycles.